The molecule has 118 valence electrons. The summed E-state index contributed by atoms with van der Waals surface area (Å²) in [5.41, 5.74) is 1.92. The molecule has 4 aromatic rings. The molecule has 6 heteroatoms. The molecule has 0 saturated heterocycles. The highest BCUT2D eigenvalue weighted by Gasteiger charge is 2.08. The zero-order valence-electron chi connectivity index (χ0n) is 12.6. The molecule has 1 N–H and O–H groups in total. The molecule has 0 atom stereocenters. The number of benzene rings is 2. The van der Waals surface area contributed by atoms with Gasteiger partial charge in [-0.25, -0.2) is 15.0 Å². The molecule has 2 heterocycles. The van der Waals surface area contributed by atoms with Gasteiger partial charge in [0.1, 0.15) is 10.8 Å². The molecule has 24 heavy (non-hydrogen) atoms. The molecule has 0 spiro atoms. The molecule has 0 aliphatic heterocycles. The summed E-state index contributed by atoms with van der Waals surface area (Å²) in [5, 5.41) is 3.53. The van der Waals surface area contributed by atoms with Crippen LogP contribution in [-0.2, 0) is 5.75 Å². The van der Waals surface area contributed by atoms with Crippen molar-refractivity contribution in [3.8, 4) is 11.5 Å². The molecular formula is C18H13ClN4S. The smallest absolute Gasteiger partial charge is 0.189 e. The van der Waals surface area contributed by atoms with E-state index in [-0.39, 0.29) is 0 Å². The van der Waals surface area contributed by atoms with Crippen molar-refractivity contribution >= 4 is 34.1 Å². The maximum Gasteiger partial charge on any atom is 0.189 e. The number of nitrogens with zero attached hydrogens (tertiary/aromatic N) is 3. The second kappa shape index (κ2) is 6.63. The lowest BCUT2D eigenvalue weighted by Gasteiger charge is -2.05. The van der Waals surface area contributed by atoms with Gasteiger partial charge in [-0.3, -0.25) is 0 Å². The molecule has 4 nitrogen and oxygen atoms in total. The van der Waals surface area contributed by atoms with Gasteiger partial charge in [-0.05, 0) is 16.3 Å². The molecule has 0 radical (unpaired) electrons. The Labute approximate surface area is 148 Å². The summed E-state index contributed by atoms with van der Waals surface area (Å²) in [4.78, 5) is 16.1. The van der Waals surface area contributed by atoms with Crippen LogP contribution in [-0.4, -0.2) is 19.9 Å². The highest BCUT2D eigenvalue weighted by molar-refractivity contribution is 7.98. The van der Waals surface area contributed by atoms with Gasteiger partial charge in [0.05, 0.1) is 0 Å². The molecule has 0 fully saturated rings. The quantitative estimate of drug-likeness (QED) is 0.320. The van der Waals surface area contributed by atoms with Crippen molar-refractivity contribution in [3.63, 3.8) is 0 Å². The lowest BCUT2D eigenvalue weighted by Crippen LogP contribution is -1.93. The molecule has 0 aliphatic rings. The van der Waals surface area contributed by atoms with Crippen molar-refractivity contribution in [1.82, 2.24) is 19.9 Å². The number of aromatic amines is 1. The number of fused-ring (bicyclic) bond motifs is 1. The average Bonchev–Trinajstić information content (AvgIpc) is 3.14. The van der Waals surface area contributed by atoms with Crippen molar-refractivity contribution < 1.29 is 0 Å². The fourth-order valence-electron chi connectivity index (χ4n) is 2.46. The van der Waals surface area contributed by atoms with Gasteiger partial charge >= 0.3 is 0 Å². The molecule has 0 unspecified atom stereocenters. The van der Waals surface area contributed by atoms with Crippen LogP contribution < -0.4 is 0 Å². The first-order valence-corrected chi connectivity index (χ1v) is 8.79. The van der Waals surface area contributed by atoms with Gasteiger partial charge in [0.2, 0.25) is 0 Å². The summed E-state index contributed by atoms with van der Waals surface area (Å²) < 4.78 is 0. The largest absolute Gasteiger partial charge is 0.343 e. The molecule has 4 rings (SSSR count). The van der Waals surface area contributed by atoms with Crippen molar-refractivity contribution in [2.45, 2.75) is 10.9 Å². The molecule has 0 aliphatic carbocycles. The Kier molecular flexibility index (Phi) is 4.19. The van der Waals surface area contributed by atoms with Gasteiger partial charge in [0.15, 0.2) is 11.0 Å². The second-order valence-electron chi connectivity index (χ2n) is 5.27. The van der Waals surface area contributed by atoms with Crippen molar-refractivity contribution in [3.05, 3.63) is 71.6 Å². The lowest BCUT2D eigenvalue weighted by molar-refractivity contribution is 0.964. The van der Waals surface area contributed by atoms with E-state index in [1.807, 2.05) is 6.07 Å². The fraction of sp³-hybridized carbons (Fsp3) is 0.0556. The zero-order valence-corrected chi connectivity index (χ0v) is 14.2. The molecule has 0 bridgehead atoms. The maximum absolute atomic E-state index is 6.12. The van der Waals surface area contributed by atoms with Gasteiger partial charge in [0, 0.05) is 24.2 Å². The minimum Gasteiger partial charge on any atom is -0.343 e. The third kappa shape index (κ3) is 3.27. The Morgan fingerprint density at radius 2 is 1.88 bits per heavy atom. The van der Waals surface area contributed by atoms with Crippen LogP contribution in [0.3, 0.4) is 0 Å². The van der Waals surface area contributed by atoms with E-state index < -0.39 is 0 Å². The van der Waals surface area contributed by atoms with E-state index in [4.69, 9.17) is 11.6 Å². The predicted octanol–water partition coefficient (Wildman–Crippen LogP) is 4.97. The Bertz CT molecular complexity index is 985. The van der Waals surface area contributed by atoms with Crippen molar-refractivity contribution in [1.29, 1.82) is 0 Å². The third-order valence-corrected chi connectivity index (χ3v) is 4.71. The summed E-state index contributed by atoms with van der Waals surface area (Å²) in [7, 11) is 0. The predicted molar refractivity (Wildman–Crippen MR) is 98.1 cm³/mol. The highest BCUT2D eigenvalue weighted by Crippen LogP contribution is 2.25. The summed E-state index contributed by atoms with van der Waals surface area (Å²) in [6, 6.07) is 16.5. The minimum atomic E-state index is 0.414. The number of rotatable bonds is 4. The minimum absolute atomic E-state index is 0.414. The molecule has 0 amide bonds. The Hall–Kier alpha value is -2.37. The molecule has 0 saturated carbocycles. The number of H-pyrrole nitrogens is 1. The SMILES string of the molecule is Clc1cc(-c2ncc[nH]2)nc(SCc2ccc3ccccc3c2)n1. The number of hydrogen-bond donors (Lipinski definition) is 1. The summed E-state index contributed by atoms with van der Waals surface area (Å²) in [5.74, 6) is 1.47. The number of nitrogens with one attached hydrogen (secondary N) is 1. The zero-order chi connectivity index (χ0) is 16.4. The summed E-state index contributed by atoms with van der Waals surface area (Å²) in [6.45, 7) is 0. The number of hydrogen-bond acceptors (Lipinski definition) is 4. The van der Waals surface area contributed by atoms with Crippen LogP contribution in [0, 0.1) is 0 Å². The number of imidazole rings is 1. The number of aromatic nitrogens is 4. The first kappa shape index (κ1) is 15.2. The van der Waals surface area contributed by atoms with Crippen LogP contribution in [0.2, 0.25) is 5.15 Å². The number of halogens is 1. The topological polar surface area (TPSA) is 54.5 Å². The van der Waals surface area contributed by atoms with E-state index in [2.05, 4.69) is 56.3 Å². The van der Waals surface area contributed by atoms with Crippen LogP contribution in [0.15, 0.2) is 66.1 Å². The monoisotopic (exact) mass is 352 g/mol. The Morgan fingerprint density at radius 3 is 2.71 bits per heavy atom. The second-order valence-corrected chi connectivity index (χ2v) is 6.60. The normalized spacial score (nSPS) is 11.0. The van der Waals surface area contributed by atoms with Gasteiger partial charge in [0.25, 0.3) is 0 Å². The van der Waals surface area contributed by atoms with E-state index in [0.29, 0.717) is 21.8 Å². The van der Waals surface area contributed by atoms with Gasteiger partial charge in [-0.1, -0.05) is 65.8 Å². The summed E-state index contributed by atoms with van der Waals surface area (Å²) >= 11 is 7.68. The lowest BCUT2D eigenvalue weighted by atomic mass is 10.1. The van der Waals surface area contributed by atoms with E-state index in [1.165, 1.54) is 16.3 Å². The van der Waals surface area contributed by atoms with Crippen LogP contribution in [0.5, 0.6) is 0 Å². The fourth-order valence-corrected chi connectivity index (χ4v) is 3.50. The van der Waals surface area contributed by atoms with E-state index >= 15 is 0 Å². The van der Waals surface area contributed by atoms with Gasteiger partial charge in [-0.2, -0.15) is 0 Å². The summed E-state index contributed by atoms with van der Waals surface area (Å²) in [6.07, 6.45) is 3.44. The average molecular weight is 353 g/mol. The third-order valence-electron chi connectivity index (χ3n) is 3.60. The van der Waals surface area contributed by atoms with E-state index in [9.17, 15) is 0 Å². The van der Waals surface area contributed by atoms with Crippen LogP contribution in [0.25, 0.3) is 22.3 Å². The van der Waals surface area contributed by atoms with Gasteiger partial charge < -0.3 is 4.98 Å². The van der Waals surface area contributed by atoms with Crippen LogP contribution >= 0.6 is 23.4 Å². The molecule has 2 aromatic carbocycles. The standard InChI is InChI=1S/C18H13ClN4S/c19-16-10-15(17-20-7-8-21-17)22-18(23-16)24-11-12-5-6-13-3-1-2-4-14(13)9-12/h1-10H,11H2,(H,20,21). The Morgan fingerprint density at radius 1 is 1.00 bits per heavy atom. The van der Waals surface area contributed by atoms with Gasteiger partial charge in [-0.15, -0.1) is 0 Å². The van der Waals surface area contributed by atoms with Crippen molar-refractivity contribution in [2.75, 3.05) is 0 Å². The van der Waals surface area contributed by atoms with Crippen molar-refractivity contribution in [2.24, 2.45) is 0 Å². The van der Waals surface area contributed by atoms with E-state index in [0.717, 1.165) is 5.75 Å². The maximum atomic E-state index is 6.12. The first-order chi connectivity index (χ1) is 11.8. The molecule has 2 aromatic heterocycles. The van der Waals surface area contributed by atoms with E-state index in [1.54, 1.807) is 30.2 Å². The number of thioether (sulfide) groups is 1. The highest BCUT2D eigenvalue weighted by atomic mass is 35.5. The van der Waals surface area contributed by atoms with Crippen LogP contribution in [0.1, 0.15) is 5.56 Å². The first-order valence-electron chi connectivity index (χ1n) is 7.43. The molecular weight excluding hydrogens is 340 g/mol. The van der Waals surface area contributed by atoms with Crippen LogP contribution in [0.4, 0.5) is 0 Å². The Balaban J connectivity index is 1.56.